The molecule has 0 amide bonds. The summed E-state index contributed by atoms with van der Waals surface area (Å²) in [6.45, 7) is 1.79. The Morgan fingerprint density at radius 2 is 1.29 bits per heavy atom. The van der Waals surface area contributed by atoms with E-state index in [1.807, 2.05) is 85.9 Å². The number of rotatable bonds is 11. The van der Waals surface area contributed by atoms with E-state index in [2.05, 4.69) is 12.1 Å². The van der Waals surface area contributed by atoms with Crippen LogP contribution in [0.2, 0.25) is 0 Å². The molecule has 6 nitrogen and oxygen atoms in total. The van der Waals surface area contributed by atoms with Gasteiger partial charge in [-0.1, -0.05) is 78.9 Å². The van der Waals surface area contributed by atoms with Crippen molar-refractivity contribution in [3.8, 4) is 0 Å². The molecule has 0 bridgehead atoms. The minimum Gasteiger partial charge on any atom is -0.370 e. The van der Waals surface area contributed by atoms with Crippen LogP contribution >= 0.6 is 0 Å². The van der Waals surface area contributed by atoms with E-state index >= 15 is 0 Å². The second-order valence-corrected chi connectivity index (χ2v) is 8.35. The average Bonchev–Trinajstić information content (AvgIpc) is 2.91. The minimum atomic E-state index is -0.521. The third-order valence-corrected chi connectivity index (χ3v) is 5.94. The zero-order chi connectivity index (χ0) is 23.6. The lowest BCUT2D eigenvalue weighted by molar-refractivity contribution is -0.280. The summed E-state index contributed by atoms with van der Waals surface area (Å²) in [6.07, 6.45) is -1.20. The Morgan fingerprint density at radius 3 is 1.85 bits per heavy atom. The Labute approximate surface area is 201 Å². The van der Waals surface area contributed by atoms with E-state index in [9.17, 15) is 0 Å². The zero-order valence-electron chi connectivity index (χ0n) is 19.8. The molecule has 4 rings (SSSR count). The molecule has 1 aliphatic rings. The van der Waals surface area contributed by atoms with Gasteiger partial charge in [-0.25, -0.2) is 0 Å². The minimum absolute atomic E-state index is 0.0398. The second-order valence-electron chi connectivity index (χ2n) is 8.35. The van der Waals surface area contributed by atoms with Crippen molar-refractivity contribution in [2.45, 2.75) is 31.7 Å². The number of ether oxygens (including phenoxy) is 4. The first kappa shape index (κ1) is 24.4. The maximum Gasteiger partial charge on any atom is 0.185 e. The van der Waals surface area contributed by atoms with Crippen LogP contribution in [0.1, 0.15) is 11.1 Å². The number of nitrogens with zero attached hydrogens (tertiary/aromatic N) is 1. The summed E-state index contributed by atoms with van der Waals surface area (Å²) < 4.78 is 24.5. The fourth-order valence-corrected chi connectivity index (χ4v) is 4.03. The number of para-hydroxylation sites is 1. The van der Waals surface area contributed by atoms with Crippen LogP contribution in [0.3, 0.4) is 0 Å². The fraction of sp³-hybridized carbons (Fsp3) is 0.357. The molecule has 3 aromatic carbocycles. The van der Waals surface area contributed by atoms with Gasteiger partial charge in [0, 0.05) is 20.1 Å². The maximum absolute atomic E-state index is 6.47. The fourth-order valence-electron chi connectivity index (χ4n) is 4.03. The monoisotopic (exact) mass is 463 g/mol. The number of methoxy groups -OCH3 is 1. The van der Waals surface area contributed by atoms with Gasteiger partial charge in [-0.2, -0.15) is 0 Å². The van der Waals surface area contributed by atoms with Crippen LogP contribution in [0.15, 0.2) is 91.0 Å². The highest BCUT2D eigenvalue weighted by Gasteiger charge is 2.43. The van der Waals surface area contributed by atoms with Crippen molar-refractivity contribution >= 4 is 5.69 Å². The Kier molecular flexibility index (Phi) is 9.07. The number of hydrogen-bond acceptors (Lipinski definition) is 6. The molecule has 6 heteroatoms. The van der Waals surface area contributed by atoms with Crippen molar-refractivity contribution in [1.29, 1.82) is 0 Å². The van der Waals surface area contributed by atoms with Crippen LogP contribution in [0.4, 0.5) is 5.69 Å². The van der Waals surface area contributed by atoms with E-state index in [0.717, 1.165) is 16.8 Å². The van der Waals surface area contributed by atoms with Gasteiger partial charge in [0.2, 0.25) is 0 Å². The lowest BCUT2D eigenvalue weighted by Crippen LogP contribution is -2.54. The molecule has 0 N–H and O–H groups in total. The van der Waals surface area contributed by atoms with Crippen molar-refractivity contribution in [1.82, 2.24) is 0 Å². The number of hydroxylamine groups is 1. The SMILES string of the molecule is CO[C@@H]1OC[C@H](CON(C)c2ccccc2)C(OCc2ccccc2)C1OCc1ccccc1. The highest BCUT2D eigenvalue weighted by molar-refractivity contribution is 5.42. The average molecular weight is 464 g/mol. The molecule has 3 aromatic rings. The number of anilines is 1. The molecule has 1 aliphatic heterocycles. The Bertz CT molecular complexity index is 956. The Balaban J connectivity index is 1.47. The molecule has 0 spiro atoms. The molecule has 0 aromatic heterocycles. The van der Waals surface area contributed by atoms with Crippen LogP contribution in [0.5, 0.6) is 0 Å². The molecule has 4 atom stereocenters. The summed E-state index contributed by atoms with van der Waals surface area (Å²) in [6, 6.07) is 30.2. The molecule has 2 unspecified atom stereocenters. The van der Waals surface area contributed by atoms with Gasteiger partial charge in [-0.3, -0.25) is 9.90 Å². The van der Waals surface area contributed by atoms with Gasteiger partial charge in [-0.15, -0.1) is 0 Å². The molecule has 1 saturated heterocycles. The van der Waals surface area contributed by atoms with Crippen molar-refractivity contribution in [2.75, 3.05) is 32.4 Å². The molecular formula is C28H33NO5. The molecule has 180 valence electrons. The van der Waals surface area contributed by atoms with E-state index in [0.29, 0.717) is 26.4 Å². The predicted molar refractivity (Wildman–Crippen MR) is 131 cm³/mol. The maximum atomic E-state index is 6.47. The van der Waals surface area contributed by atoms with E-state index in [1.54, 1.807) is 12.2 Å². The highest BCUT2D eigenvalue weighted by atomic mass is 16.7. The van der Waals surface area contributed by atoms with Gasteiger partial charge in [0.15, 0.2) is 6.29 Å². The van der Waals surface area contributed by atoms with E-state index in [-0.39, 0.29) is 12.0 Å². The Morgan fingerprint density at radius 1 is 0.765 bits per heavy atom. The van der Waals surface area contributed by atoms with Crippen LogP contribution in [0, 0.1) is 5.92 Å². The van der Waals surface area contributed by atoms with E-state index in [1.165, 1.54) is 0 Å². The molecule has 1 heterocycles. The normalized spacial score (nSPS) is 22.4. The second kappa shape index (κ2) is 12.6. The van der Waals surface area contributed by atoms with E-state index < -0.39 is 12.4 Å². The van der Waals surface area contributed by atoms with Crippen molar-refractivity contribution in [3.63, 3.8) is 0 Å². The standard InChI is InChI=1S/C28H33NO5/c1-29(25-16-10-5-11-17-25)34-21-24-20-33-28(30-2)27(32-19-23-14-8-4-9-15-23)26(24)31-18-22-12-6-3-7-13-22/h3-17,24,26-28H,18-21H2,1-2H3/t24-,26?,27?,28-/m1/s1. The summed E-state index contributed by atoms with van der Waals surface area (Å²) in [5, 5.41) is 1.77. The molecule has 0 saturated carbocycles. The van der Waals surface area contributed by atoms with Crippen molar-refractivity contribution < 1.29 is 23.8 Å². The quantitative estimate of drug-likeness (QED) is 0.379. The van der Waals surface area contributed by atoms with Crippen molar-refractivity contribution in [2.24, 2.45) is 5.92 Å². The zero-order valence-corrected chi connectivity index (χ0v) is 19.8. The first-order valence-corrected chi connectivity index (χ1v) is 11.6. The summed E-state index contributed by atoms with van der Waals surface area (Å²) in [4.78, 5) is 6.11. The topological polar surface area (TPSA) is 49.4 Å². The van der Waals surface area contributed by atoms with Gasteiger partial charge in [0.25, 0.3) is 0 Å². The largest absolute Gasteiger partial charge is 0.370 e. The summed E-state index contributed by atoms with van der Waals surface area (Å²) in [5.41, 5.74) is 3.17. The molecule has 1 fully saturated rings. The smallest absolute Gasteiger partial charge is 0.185 e. The van der Waals surface area contributed by atoms with Gasteiger partial charge < -0.3 is 18.9 Å². The van der Waals surface area contributed by atoms with Crippen LogP contribution in [-0.2, 0) is 37.0 Å². The van der Waals surface area contributed by atoms with Crippen molar-refractivity contribution in [3.05, 3.63) is 102 Å². The van der Waals surface area contributed by atoms with Gasteiger partial charge in [-0.05, 0) is 23.3 Å². The predicted octanol–water partition coefficient (Wildman–Crippen LogP) is 4.84. The van der Waals surface area contributed by atoms with Crippen LogP contribution < -0.4 is 5.06 Å². The van der Waals surface area contributed by atoms with Gasteiger partial charge in [0.05, 0.1) is 38.2 Å². The molecular weight excluding hydrogens is 430 g/mol. The lowest BCUT2D eigenvalue weighted by Gasteiger charge is -2.41. The third-order valence-electron chi connectivity index (χ3n) is 5.94. The van der Waals surface area contributed by atoms with Crippen LogP contribution in [0.25, 0.3) is 0 Å². The summed E-state index contributed by atoms with van der Waals surface area (Å²) >= 11 is 0. The molecule has 0 aliphatic carbocycles. The van der Waals surface area contributed by atoms with Crippen LogP contribution in [-0.4, -0.2) is 45.9 Å². The number of benzene rings is 3. The first-order valence-electron chi connectivity index (χ1n) is 11.6. The highest BCUT2D eigenvalue weighted by Crippen LogP contribution is 2.29. The summed E-state index contributed by atoms with van der Waals surface area (Å²) in [7, 11) is 3.54. The molecule has 34 heavy (non-hydrogen) atoms. The van der Waals surface area contributed by atoms with Gasteiger partial charge >= 0.3 is 0 Å². The Hall–Kier alpha value is -2.74. The molecule has 0 radical (unpaired) electrons. The van der Waals surface area contributed by atoms with Gasteiger partial charge in [0.1, 0.15) is 6.10 Å². The van der Waals surface area contributed by atoms with E-state index in [4.69, 9.17) is 23.8 Å². The first-order chi connectivity index (χ1) is 16.7. The number of hydrogen-bond donors (Lipinski definition) is 0. The lowest BCUT2D eigenvalue weighted by atomic mass is 9.95. The summed E-state index contributed by atoms with van der Waals surface area (Å²) in [5.74, 6) is -0.0398. The third kappa shape index (κ3) is 6.65.